The van der Waals surface area contributed by atoms with Crippen LogP contribution < -0.4 is 0 Å². The molecule has 0 fully saturated rings. The van der Waals surface area contributed by atoms with E-state index in [2.05, 4.69) is 65.4 Å². The summed E-state index contributed by atoms with van der Waals surface area (Å²) in [5, 5.41) is 0. The van der Waals surface area contributed by atoms with Gasteiger partial charge < -0.3 is 0 Å². The molecule has 0 aliphatic rings. The maximum atomic E-state index is 12.7. The zero-order valence-corrected chi connectivity index (χ0v) is 20.0. The molecular formula is C7H23OP9. The summed E-state index contributed by atoms with van der Waals surface area (Å²) in [6, 6.07) is 0. The van der Waals surface area contributed by atoms with Crippen LogP contribution in [0, 0.1) is 5.41 Å². The monoisotopic (exact) mass is 402 g/mol. The summed E-state index contributed by atoms with van der Waals surface area (Å²) in [6.45, 7) is 6.43. The van der Waals surface area contributed by atoms with Gasteiger partial charge in [0, 0.05) is 6.42 Å². The van der Waals surface area contributed by atoms with Gasteiger partial charge in [0.15, 0.2) is 5.78 Å². The minimum Gasteiger partial charge on any atom is -0.298 e. The van der Waals surface area contributed by atoms with Gasteiger partial charge in [0.05, 0.1) is 0 Å². The second kappa shape index (κ2) is 8.86. The SMILES string of the molecule is CC(C)(C)CC(=O)C(PP)(P(P)P)P(P)PP. The van der Waals surface area contributed by atoms with E-state index in [9.17, 15) is 4.79 Å². The molecule has 0 amide bonds. The molecule has 0 heterocycles. The highest BCUT2D eigenvalue weighted by atomic mass is 32.6. The third-order valence-electron chi connectivity index (χ3n) is 2.14. The van der Waals surface area contributed by atoms with Crippen molar-refractivity contribution < 1.29 is 4.79 Å². The van der Waals surface area contributed by atoms with Crippen molar-refractivity contribution >= 4 is 81.3 Å². The van der Waals surface area contributed by atoms with Crippen LogP contribution in [-0.4, -0.2) is 10.4 Å². The van der Waals surface area contributed by atoms with Crippen LogP contribution in [-0.2, 0) is 4.79 Å². The minimum atomic E-state index is -0.409. The Morgan fingerprint density at radius 3 is 1.88 bits per heavy atom. The fourth-order valence-corrected chi connectivity index (χ4v) is 31.7. The summed E-state index contributed by atoms with van der Waals surface area (Å²) in [7, 11) is 15.0. The van der Waals surface area contributed by atoms with E-state index in [1.165, 1.54) is 0 Å². The van der Waals surface area contributed by atoms with Gasteiger partial charge in [-0.25, -0.2) is 0 Å². The Bertz CT molecular complexity index is 263. The number of ketones is 1. The highest BCUT2D eigenvalue weighted by Crippen LogP contribution is 2.90. The molecule has 0 aliphatic carbocycles. The summed E-state index contributed by atoms with van der Waals surface area (Å²) in [6.07, 6.45) is 0.679. The lowest BCUT2D eigenvalue weighted by molar-refractivity contribution is -0.119. The predicted octanol–water partition coefficient (Wildman–Crippen LogP) is 5.83. The van der Waals surface area contributed by atoms with E-state index in [4.69, 9.17) is 0 Å². The first-order valence-electron chi connectivity index (χ1n) is 4.93. The van der Waals surface area contributed by atoms with E-state index in [1.807, 2.05) is 0 Å². The molecule has 17 heavy (non-hydrogen) atoms. The number of carbonyl (C=O) groups is 1. The molecule has 0 rings (SSSR count). The molecule has 9 atom stereocenters. The molecule has 0 aromatic heterocycles. The van der Waals surface area contributed by atoms with E-state index >= 15 is 0 Å². The van der Waals surface area contributed by atoms with E-state index < -0.39 is 7.30 Å². The molecule has 10 heteroatoms. The summed E-state index contributed by atoms with van der Waals surface area (Å²) in [5.41, 5.74) is 0.0815. The number of hydrogen-bond acceptors (Lipinski definition) is 1. The Kier molecular flexibility index (Phi) is 10.7. The fourth-order valence-electron chi connectivity index (χ4n) is 1.33. The Morgan fingerprint density at radius 2 is 1.65 bits per heavy atom. The molecule has 0 aliphatic heterocycles. The lowest BCUT2D eigenvalue weighted by Gasteiger charge is -2.41. The largest absolute Gasteiger partial charge is 0.298 e. The van der Waals surface area contributed by atoms with Gasteiger partial charge in [-0.3, -0.25) is 4.79 Å². The molecule has 0 bridgehead atoms. The van der Waals surface area contributed by atoms with Crippen LogP contribution in [0.3, 0.4) is 0 Å². The second-order valence-corrected chi connectivity index (χ2v) is 23.9. The molecule has 102 valence electrons. The molecule has 0 aromatic rings. The molecule has 0 radical (unpaired) electrons. The van der Waals surface area contributed by atoms with E-state index in [-0.39, 0.29) is 17.4 Å². The van der Waals surface area contributed by atoms with Crippen LogP contribution in [0.2, 0.25) is 0 Å². The van der Waals surface area contributed by atoms with Gasteiger partial charge in [0.2, 0.25) is 0 Å². The zero-order valence-electron chi connectivity index (χ0n) is 10.4. The molecule has 0 saturated carbocycles. The van der Waals surface area contributed by atoms with E-state index in [0.29, 0.717) is 20.5 Å². The van der Waals surface area contributed by atoms with Crippen LogP contribution in [0.5, 0.6) is 0 Å². The third-order valence-corrected chi connectivity index (χ3v) is 28.8. The molecule has 9 unspecified atom stereocenters. The lowest BCUT2D eigenvalue weighted by atomic mass is 9.90. The average Bonchev–Trinajstić information content (AvgIpc) is 2.15. The molecule has 1 nitrogen and oxygen atoms in total. The van der Waals surface area contributed by atoms with Crippen LogP contribution in [0.1, 0.15) is 27.2 Å². The highest BCUT2D eigenvalue weighted by molar-refractivity contribution is 8.67. The Hall–Kier alpha value is 3.54. The van der Waals surface area contributed by atoms with Crippen molar-refractivity contribution in [1.82, 2.24) is 0 Å². The second-order valence-electron chi connectivity index (χ2n) is 4.88. The standard InChI is InChI=1S/C7H23OP9/c1-6(2,3)4-5(8)7(14-9,16(11)12)17(13)15-10/h14-15H,4,9-13H2,1-3H3. The first kappa shape index (κ1) is 20.5. The quantitative estimate of drug-likeness (QED) is 0.511. The van der Waals surface area contributed by atoms with Crippen molar-refractivity contribution in [2.75, 3.05) is 0 Å². The number of Topliss-reactive ketones (excluding diaryl/α,β-unsaturated/α-hetero) is 1. The molecular weight excluding hydrogens is 379 g/mol. The van der Waals surface area contributed by atoms with Gasteiger partial charge in [-0.05, 0) is 20.0 Å². The maximum Gasteiger partial charge on any atom is 0.153 e. The van der Waals surface area contributed by atoms with Gasteiger partial charge in [0.1, 0.15) is 4.64 Å². The maximum absolute atomic E-state index is 12.7. The van der Waals surface area contributed by atoms with Crippen LogP contribution in [0.4, 0.5) is 0 Å². The van der Waals surface area contributed by atoms with Gasteiger partial charge in [-0.1, -0.05) is 37.0 Å². The van der Waals surface area contributed by atoms with Crippen molar-refractivity contribution in [3.8, 4) is 0 Å². The summed E-state index contributed by atoms with van der Waals surface area (Å²) in [4.78, 5) is 12.7. The van der Waals surface area contributed by atoms with Crippen LogP contribution >= 0.6 is 75.5 Å². The topological polar surface area (TPSA) is 17.1 Å². The van der Waals surface area contributed by atoms with Gasteiger partial charge in [-0.15, -0.1) is 44.6 Å². The van der Waals surface area contributed by atoms with Crippen molar-refractivity contribution in [1.29, 1.82) is 0 Å². The molecule has 0 spiro atoms. The molecule has 0 aromatic carbocycles. The number of carbonyl (C=O) groups excluding carboxylic acids is 1. The predicted molar refractivity (Wildman–Crippen MR) is 111 cm³/mol. The molecule has 0 saturated heterocycles. The molecule has 0 N–H and O–H groups in total. The minimum absolute atomic E-state index is 0.0815. The van der Waals surface area contributed by atoms with Gasteiger partial charge in [0.25, 0.3) is 0 Å². The average molecular weight is 402 g/mol. The number of rotatable bonds is 6. The van der Waals surface area contributed by atoms with Crippen molar-refractivity contribution in [3.63, 3.8) is 0 Å². The number of hydrogen-bond donors (Lipinski definition) is 0. The Balaban J connectivity index is 5.24. The van der Waals surface area contributed by atoms with E-state index in [0.717, 1.165) is 7.96 Å². The lowest BCUT2D eigenvalue weighted by Crippen LogP contribution is -2.28. The van der Waals surface area contributed by atoms with Crippen LogP contribution in [0.15, 0.2) is 0 Å². The third kappa shape index (κ3) is 6.04. The summed E-state index contributed by atoms with van der Waals surface area (Å²) < 4.78 is -0.122. The van der Waals surface area contributed by atoms with Gasteiger partial charge in [-0.2, -0.15) is 0 Å². The smallest absolute Gasteiger partial charge is 0.153 e. The zero-order chi connectivity index (χ0) is 13.9. The summed E-state index contributed by atoms with van der Waals surface area (Å²) in [5.74, 6) is 0.450. The summed E-state index contributed by atoms with van der Waals surface area (Å²) >= 11 is 0. The normalized spacial score (nSPS) is 19.4. The van der Waals surface area contributed by atoms with Gasteiger partial charge >= 0.3 is 0 Å². The Morgan fingerprint density at radius 1 is 1.18 bits per heavy atom. The fraction of sp³-hybridized carbons (Fsp3) is 0.857. The van der Waals surface area contributed by atoms with Crippen molar-refractivity contribution in [2.45, 2.75) is 31.8 Å². The first-order chi connectivity index (χ1) is 7.61. The van der Waals surface area contributed by atoms with E-state index in [1.54, 1.807) is 0 Å². The highest BCUT2D eigenvalue weighted by Gasteiger charge is 2.45. The van der Waals surface area contributed by atoms with Crippen molar-refractivity contribution in [3.05, 3.63) is 0 Å². The first-order valence-corrected chi connectivity index (χ1v) is 18.9. The Labute approximate surface area is 123 Å². The van der Waals surface area contributed by atoms with Crippen molar-refractivity contribution in [2.24, 2.45) is 5.41 Å². The van der Waals surface area contributed by atoms with Crippen LogP contribution in [0.25, 0.3) is 0 Å².